The van der Waals surface area contributed by atoms with Crippen molar-refractivity contribution in [1.82, 2.24) is 20.4 Å². The highest BCUT2D eigenvalue weighted by molar-refractivity contribution is 7.92. The summed E-state index contributed by atoms with van der Waals surface area (Å²) in [6.45, 7) is 1.82. The summed E-state index contributed by atoms with van der Waals surface area (Å²) in [5.74, 6) is 0.271. The van der Waals surface area contributed by atoms with Crippen molar-refractivity contribution in [3.63, 3.8) is 0 Å². The molecule has 92 valence electrons. The fourth-order valence-corrected chi connectivity index (χ4v) is 2.55. The highest BCUT2D eigenvalue weighted by Gasteiger charge is 2.20. The molecule has 2 heterocycles. The molecule has 0 spiro atoms. The quantitative estimate of drug-likeness (QED) is 0.596. The van der Waals surface area contributed by atoms with E-state index >= 15 is 0 Å². The van der Waals surface area contributed by atoms with Crippen LogP contribution in [-0.4, -0.2) is 28.8 Å². The Morgan fingerprint density at radius 3 is 2.65 bits per heavy atom. The second kappa shape index (κ2) is 4.18. The largest absolute Gasteiger partial charge is 0.326 e. The third-order valence-electron chi connectivity index (χ3n) is 2.25. The summed E-state index contributed by atoms with van der Waals surface area (Å²) in [6, 6.07) is 0. The minimum absolute atomic E-state index is 0.0927. The van der Waals surface area contributed by atoms with Gasteiger partial charge in [-0.15, -0.1) is 0 Å². The zero-order valence-corrected chi connectivity index (χ0v) is 9.87. The molecule has 0 fully saturated rings. The second-order valence-electron chi connectivity index (χ2n) is 3.44. The van der Waals surface area contributed by atoms with Crippen LogP contribution < -0.4 is 10.5 Å². The van der Waals surface area contributed by atoms with Gasteiger partial charge in [0.1, 0.15) is 10.7 Å². The van der Waals surface area contributed by atoms with Gasteiger partial charge in [-0.25, -0.2) is 8.42 Å². The van der Waals surface area contributed by atoms with Gasteiger partial charge in [-0.3, -0.25) is 14.9 Å². The van der Waals surface area contributed by atoms with Crippen molar-refractivity contribution in [2.24, 2.45) is 5.73 Å². The monoisotopic (exact) mass is 256 g/mol. The van der Waals surface area contributed by atoms with Crippen molar-refractivity contribution in [3.8, 4) is 0 Å². The Morgan fingerprint density at radius 2 is 2.06 bits per heavy atom. The lowest BCUT2D eigenvalue weighted by Gasteiger charge is -2.06. The number of hydrogen-bond donors (Lipinski definition) is 4. The van der Waals surface area contributed by atoms with Crippen LogP contribution >= 0.6 is 0 Å². The average molecular weight is 256 g/mol. The Bertz CT molecular complexity index is 614. The molecule has 0 amide bonds. The predicted molar refractivity (Wildman–Crippen MR) is 60.6 cm³/mol. The smallest absolute Gasteiger partial charge is 0.266 e. The zero-order valence-electron chi connectivity index (χ0n) is 9.06. The van der Waals surface area contributed by atoms with Crippen LogP contribution in [0.25, 0.3) is 0 Å². The van der Waals surface area contributed by atoms with Crippen molar-refractivity contribution in [2.75, 3.05) is 4.72 Å². The van der Waals surface area contributed by atoms with Crippen LogP contribution in [0.5, 0.6) is 0 Å². The Morgan fingerprint density at radius 1 is 1.35 bits per heavy atom. The molecule has 8 nitrogen and oxygen atoms in total. The first kappa shape index (κ1) is 11.6. The normalized spacial score (nSPS) is 11.6. The maximum atomic E-state index is 12.0. The third kappa shape index (κ3) is 2.15. The summed E-state index contributed by atoms with van der Waals surface area (Å²) in [5.41, 5.74) is 6.51. The number of H-pyrrole nitrogens is 2. The van der Waals surface area contributed by atoms with Crippen LogP contribution in [0, 0.1) is 6.92 Å². The number of aromatic nitrogens is 4. The van der Waals surface area contributed by atoms with Crippen LogP contribution in [0.2, 0.25) is 0 Å². The van der Waals surface area contributed by atoms with Crippen molar-refractivity contribution in [3.05, 3.63) is 23.7 Å². The van der Waals surface area contributed by atoms with Crippen LogP contribution in [0.15, 0.2) is 17.3 Å². The van der Waals surface area contributed by atoms with Gasteiger partial charge in [-0.1, -0.05) is 0 Å². The highest BCUT2D eigenvalue weighted by Crippen LogP contribution is 2.18. The number of rotatable bonds is 4. The van der Waals surface area contributed by atoms with E-state index < -0.39 is 10.0 Å². The van der Waals surface area contributed by atoms with Gasteiger partial charge in [0, 0.05) is 12.1 Å². The first-order chi connectivity index (χ1) is 8.04. The van der Waals surface area contributed by atoms with E-state index in [2.05, 4.69) is 25.1 Å². The molecule has 0 atom stereocenters. The number of anilines is 1. The van der Waals surface area contributed by atoms with Crippen LogP contribution in [0.4, 0.5) is 5.82 Å². The van der Waals surface area contributed by atoms with E-state index in [1.165, 1.54) is 12.4 Å². The summed E-state index contributed by atoms with van der Waals surface area (Å²) in [7, 11) is -3.67. The molecule has 0 radical (unpaired) electrons. The Kier molecular flexibility index (Phi) is 2.86. The van der Waals surface area contributed by atoms with Crippen molar-refractivity contribution < 1.29 is 8.42 Å². The van der Waals surface area contributed by atoms with Crippen LogP contribution in [0.1, 0.15) is 11.3 Å². The fraction of sp³-hybridized carbons (Fsp3) is 0.250. The van der Waals surface area contributed by atoms with Gasteiger partial charge in [0.15, 0.2) is 0 Å². The first-order valence-electron chi connectivity index (χ1n) is 4.79. The molecular formula is C8H12N6O2S. The maximum Gasteiger partial charge on any atom is 0.266 e. The number of aryl methyl sites for hydroxylation is 1. The molecule has 0 saturated heterocycles. The van der Waals surface area contributed by atoms with Gasteiger partial charge in [0.25, 0.3) is 10.0 Å². The number of sulfonamides is 1. The van der Waals surface area contributed by atoms with Crippen LogP contribution in [-0.2, 0) is 16.6 Å². The van der Waals surface area contributed by atoms with E-state index in [1.807, 2.05) is 0 Å². The lowest BCUT2D eigenvalue weighted by atomic mass is 10.3. The standard InChI is InChI=1S/C8H12N6O2S/c1-5-7(4-11-12-5)17(15,16)14-8-6(2-9)3-10-13-8/h3-4H,2,9H2,1H3,(H,11,12)(H2,10,13,14). The minimum Gasteiger partial charge on any atom is -0.326 e. The number of nitrogens with zero attached hydrogens (tertiary/aromatic N) is 2. The molecule has 2 rings (SSSR count). The predicted octanol–water partition coefficient (Wildman–Crippen LogP) is -0.299. The summed E-state index contributed by atoms with van der Waals surface area (Å²) in [5, 5.41) is 12.5. The van der Waals surface area contributed by atoms with Crippen LogP contribution in [0.3, 0.4) is 0 Å². The molecule has 0 aliphatic carbocycles. The highest BCUT2D eigenvalue weighted by atomic mass is 32.2. The van der Waals surface area contributed by atoms with Gasteiger partial charge in [-0.05, 0) is 6.92 Å². The molecule has 0 bridgehead atoms. The lowest BCUT2D eigenvalue weighted by Crippen LogP contribution is -2.15. The Balaban J connectivity index is 2.33. The van der Waals surface area contributed by atoms with E-state index in [0.717, 1.165) is 0 Å². The molecule has 17 heavy (non-hydrogen) atoms. The molecular weight excluding hydrogens is 244 g/mol. The van der Waals surface area contributed by atoms with Crippen molar-refractivity contribution in [2.45, 2.75) is 18.4 Å². The van der Waals surface area contributed by atoms with Gasteiger partial charge >= 0.3 is 0 Å². The molecule has 9 heteroatoms. The number of aromatic amines is 2. The Hall–Kier alpha value is -1.87. The van der Waals surface area contributed by atoms with E-state index in [4.69, 9.17) is 5.73 Å². The second-order valence-corrected chi connectivity index (χ2v) is 5.09. The first-order valence-corrected chi connectivity index (χ1v) is 6.28. The molecule has 0 unspecified atom stereocenters. The van der Waals surface area contributed by atoms with Crippen molar-refractivity contribution in [1.29, 1.82) is 0 Å². The topological polar surface area (TPSA) is 130 Å². The molecule has 2 aromatic rings. The van der Waals surface area contributed by atoms with Gasteiger partial charge in [-0.2, -0.15) is 10.2 Å². The summed E-state index contributed by atoms with van der Waals surface area (Å²) in [4.78, 5) is 0.0927. The molecule has 0 aliphatic rings. The molecule has 0 aliphatic heterocycles. The van der Waals surface area contributed by atoms with E-state index in [1.54, 1.807) is 6.92 Å². The lowest BCUT2D eigenvalue weighted by molar-refractivity contribution is 0.600. The van der Waals surface area contributed by atoms with Crippen molar-refractivity contribution >= 4 is 15.8 Å². The summed E-state index contributed by atoms with van der Waals surface area (Å²) in [6.07, 6.45) is 2.72. The summed E-state index contributed by atoms with van der Waals surface area (Å²) >= 11 is 0. The zero-order chi connectivity index (χ0) is 12.5. The third-order valence-corrected chi connectivity index (χ3v) is 3.71. The maximum absolute atomic E-state index is 12.0. The van der Waals surface area contributed by atoms with Gasteiger partial charge < -0.3 is 5.73 Å². The van der Waals surface area contributed by atoms with E-state index in [0.29, 0.717) is 11.3 Å². The summed E-state index contributed by atoms with van der Waals surface area (Å²) < 4.78 is 26.4. The van der Waals surface area contributed by atoms with Gasteiger partial charge in [0.2, 0.25) is 0 Å². The van der Waals surface area contributed by atoms with E-state index in [9.17, 15) is 8.42 Å². The molecule has 2 aromatic heterocycles. The Labute approximate surface area is 97.7 Å². The molecule has 0 aromatic carbocycles. The molecule has 5 N–H and O–H groups in total. The van der Waals surface area contributed by atoms with E-state index in [-0.39, 0.29) is 17.3 Å². The molecule has 0 saturated carbocycles. The average Bonchev–Trinajstić information content (AvgIpc) is 2.86. The number of nitrogens with two attached hydrogens (primary N) is 1. The number of hydrogen-bond acceptors (Lipinski definition) is 5. The fourth-order valence-electron chi connectivity index (χ4n) is 1.35. The van der Waals surface area contributed by atoms with Gasteiger partial charge in [0.05, 0.1) is 18.1 Å². The minimum atomic E-state index is -3.67. The number of nitrogens with one attached hydrogen (secondary N) is 3. The SMILES string of the molecule is Cc1[nH]ncc1S(=O)(=O)Nc1[nH]ncc1CN.